The van der Waals surface area contributed by atoms with Gasteiger partial charge in [-0.1, -0.05) is 23.7 Å². The van der Waals surface area contributed by atoms with Gasteiger partial charge in [-0.2, -0.15) is 0 Å². The molecular weight excluding hydrogens is 453 g/mol. The van der Waals surface area contributed by atoms with Gasteiger partial charge in [0.2, 0.25) is 5.91 Å². The van der Waals surface area contributed by atoms with E-state index in [1.54, 1.807) is 18.2 Å². The van der Waals surface area contributed by atoms with Gasteiger partial charge in [-0.3, -0.25) is 24.7 Å². The summed E-state index contributed by atoms with van der Waals surface area (Å²) >= 11 is 6.11. The number of methoxy groups -OCH3 is 1. The summed E-state index contributed by atoms with van der Waals surface area (Å²) in [5.74, 6) is -0.798. The zero-order valence-electron chi connectivity index (χ0n) is 17.8. The smallest absolute Gasteiger partial charge is 0.328 e. The van der Waals surface area contributed by atoms with Gasteiger partial charge in [-0.15, -0.1) is 0 Å². The van der Waals surface area contributed by atoms with Gasteiger partial charge in [0.1, 0.15) is 30.3 Å². The molecule has 2 heterocycles. The molecule has 4 amide bonds. The van der Waals surface area contributed by atoms with Gasteiger partial charge in [0.05, 0.1) is 18.7 Å². The number of ether oxygens (including phenoxy) is 1. The third kappa shape index (κ3) is 4.92. The number of hydrogen-bond acceptors (Lipinski definition) is 6. The number of carbonyl (C=O) groups is 3. The van der Waals surface area contributed by atoms with E-state index in [0.29, 0.717) is 35.1 Å². The number of amides is 4. The topological polar surface area (TPSA) is 103 Å². The summed E-state index contributed by atoms with van der Waals surface area (Å²) in [5.41, 5.74) is 1.04. The molecule has 11 heteroatoms. The van der Waals surface area contributed by atoms with E-state index in [1.807, 2.05) is 0 Å². The van der Waals surface area contributed by atoms with Crippen molar-refractivity contribution in [3.05, 3.63) is 58.9 Å². The Morgan fingerprint density at radius 2 is 1.91 bits per heavy atom. The van der Waals surface area contributed by atoms with Crippen molar-refractivity contribution in [3.8, 4) is 5.75 Å². The maximum Gasteiger partial charge on any atom is 0.328 e. The van der Waals surface area contributed by atoms with Gasteiger partial charge in [0.15, 0.2) is 0 Å². The van der Waals surface area contributed by atoms with Crippen molar-refractivity contribution in [3.63, 3.8) is 0 Å². The van der Waals surface area contributed by atoms with Crippen LogP contribution in [0.3, 0.4) is 0 Å². The molecule has 0 radical (unpaired) electrons. The van der Waals surface area contributed by atoms with E-state index in [1.165, 1.54) is 36.3 Å². The van der Waals surface area contributed by atoms with Crippen LogP contribution in [0, 0.1) is 5.82 Å². The third-order valence-electron chi connectivity index (χ3n) is 5.51. The molecule has 0 bridgehead atoms. The number of anilines is 1. The van der Waals surface area contributed by atoms with Crippen LogP contribution in [0.15, 0.2) is 42.5 Å². The second-order valence-electron chi connectivity index (χ2n) is 7.69. The van der Waals surface area contributed by atoms with Crippen LogP contribution in [-0.4, -0.2) is 66.6 Å². The Morgan fingerprint density at radius 1 is 1.18 bits per heavy atom. The summed E-state index contributed by atoms with van der Waals surface area (Å²) in [7, 11) is 1.49. The molecule has 4 rings (SSSR count). The van der Waals surface area contributed by atoms with Gasteiger partial charge < -0.3 is 15.4 Å². The molecule has 2 aromatic carbocycles. The molecule has 2 fully saturated rings. The summed E-state index contributed by atoms with van der Waals surface area (Å²) in [4.78, 5) is 41.5. The molecule has 0 spiro atoms. The minimum absolute atomic E-state index is 0.0327. The van der Waals surface area contributed by atoms with E-state index >= 15 is 0 Å². The SMILES string of the molecule is COc1ccc(NC(=O)CN2C(=O)N(Cc3ccc(F)cc3)C(=O)C3NCCNC32)cc1Cl. The molecule has 3 N–H and O–H groups in total. The number of imide groups is 1. The average Bonchev–Trinajstić information content (AvgIpc) is 2.81. The summed E-state index contributed by atoms with van der Waals surface area (Å²) in [6.07, 6.45) is -0.673. The van der Waals surface area contributed by atoms with Crippen molar-refractivity contribution in [2.45, 2.75) is 18.8 Å². The van der Waals surface area contributed by atoms with Crippen LogP contribution in [-0.2, 0) is 16.1 Å². The first-order chi connectivity index (χ1) is 15.9. The number of rotatable bonds is 6. The van der Waals surface area contributed by atoms with Crippen LogP contribution in [0.5, 0.6) is 5.75 Å². The lowest BCUT2D eigenvalue weighted by atomic mass is 10.1. The first kappa shape index (κ1) is 23.0. The minimum Gasteiger partial charge on any atom is -0.495 e. The zero-order chi connectivity index (χ0) is 23.5. The maximum absolute atomic E-state index is 13.3. The Kier molecular flexibility index (Phi) is 6.77. The number of nitrogens with one attached hydrogen (secondary N) is 3. The highest BCUT2D eigenvalue weighted by Crippen LogP contribution is 2.27. The highest BCUT2D eigenvalue weighted by atomic mass is 35.5. The van der Waals surface area contributed by atoms with E-state index in [0.717, 1.165) is 4.90 Å². The van der Waals surface area contributed by atoms with Crippen LogP contribution >= 0.6 is 11.6 Å². The Labute approximate surface area is 194 Å². The predicted octanol–water partition coefficient (Wildman–Crippen LogP) is 1.78. The van der Waals surface area contributed by atoms with Crippen LogP contribution in [0.2, 0.25) is 5.02 Å². The first-order valence-corrected chi connectivity index (χ1v) is 10.7. The van der Waals surface area contributed by atoms with E-state index in [-0.39, 0.29) is 13.1 Å². The monoisotopic (exact) mass is 475 g/mol. The van der Waals surface area contributed by atoms with Crippen molar-refractivity contribution in [1.29, 1.82) is 0 Å². The van der Waals surface area contributed by atoms with E-state index in [9.17, 15) is 18.8 Å². The molecule has 2 aromatic rings. The number of urea groups is 1. The molecule has 0 saturated carbocycles. The quantitative estimate of drug-likeness (QED) is 0.588. The Balaban J connectivity index is 1.52. The van der Waals surface area contributed by atoms with Gasteiger partial charge in [-0.25, -0.2) is 9.18 Å². The standard InChI is InChI=1S/C22H23ClFN5O4/c1-33-17-7-6-15(10-16(17)23)27-18(30)12-28-20-19(25-8-9-26-20)21(31)29(22(28)32)11-13-2-4-14(24)5-3-13/h2-7,10,19-20,25-26H,8-9,11-12H2,1H3,(H,27,30). The molecule has 2 aliphatic heterocycles. The molecule has 2 aliphatic rings. The third-order valence-corrected chi connectivity index (χ3v) is 5.80. The molecule has 33 heavy (non-hydrogen) atoms. The van der Waals surface area contributed by atoms with Gasteiger partial charge in [0.25, 0.3) is 5.91 Å². The molecule has 9 nitrogen and oxygen atoms in total. The fourth-order valence-electron chi connectivity index (χ4n) is 3.91. The van der Waals surface area contributed by atoms with Gasteiger partial charge in [-0.05, 0) is 35.9 Å². The van der Waals surface area contributed by atoms with Crippen molar-refractivity contribution in [1.82, 2.24) is 20.4 Å². The van der Waals surface area contributed by atoms with Crippen molar-refractivity contribution in [2.24, 2.45) is 0 Å². The number of halogens is 2. The normalized spacial score (nSPS) is 20.5. The second-order valence-corrected chi connectivity index (χ2v) is 8.10. The molecule has 0 aliphatic carbocycles. The van der Waals surface area contributed by atoms with Crippen molar-refractivity contribution < 1.29 is 23.5 Å². The van der Waals surface area contributed by atoms with Gasteiger partial charge in [0, 0.05) is 18.8 Å². The Hall–Kier alpha value is -3.21. The molecule has 2 atom stereocenters. The summed E-state index contributed by atoms with van der Waals surface area (Å²) in [6.45, 7) is 0.752. The average molecular weight is 476 g/mol. The second kappa shape index (κ2) is 9.74. The fourth-order valence-corrected chi connectivity index (χ4v) is 4.17. The number of fused-ring (bicyclic) bond motifs is 1. The van der Waals surface area contributed by atoms with E-state index in [4.69, 9.17) is 16.3 Å². The highest BCUT2D eigenvalue weighted by molar-refractivity contribution is 6.32. The molecule has 0 aromatic heterocycles. The predicted molar refractivity (Wildman–Crippen MR) is 119 cm³/mol. The zero-order valence-corrected chi connectivity index (χ0v) is 18.6. The summed E-state index contributed by atoms with van der Waals surface area (Å²) < 4.78 is 18.4. The minimum atomic E-state index is -0.708. The van der Waals surface area contributed by atoms with Crippen LogP contribution in [0.1, 0.15) is 5.56 Å². The van der Waals surface area contributed by atoms with Crippen molar-refractivity contribution in [2.75, 3.05) is 32.1 Å². The summed E-state index contributed by atoms with van der Waals surface area (Å²) in [5, 5.41) is 9.31. The Morgan fingerprint density at radius 3 is 2.61 bits per heavy atom. The number of piperazine rings is 1. The first-order valence-electron chi connectivity index (χ1n) is 10.3. The summed E-state index contributed by atoms with van der Waals surface area (Å²) in [6, 6.07) is 9.04. The highest BCUT2D eigenvalue weighted by Gasteiger charge is 2.47. The van der Waals surface area contributed by atoms with Crippen molar-refractivity contribution >= 4 is 35.1 Å². The fraction of sp³-hybridized carbons (Fsp3) is 0.318. The number of benzene rings is 2. The molecule has 174 valence electrons. The van der Waals surface area contributed by atoms with Gasteiger partial charge >= 0.3 is 6.03 Å². The van der Waals surface area contributed by atoms with Crippen LogP contribution < -0.4 is 20.7 Å². The lowest BCUT2D eigenvalue weighted by Crippen LogP contribution is -2.75. The maximum atomic E-state index is 13.3. The molecule has 2 unspecified atom stereocenters. The molecular formula is C22H23ClFN5O4. The van der Waals surface area contributed by atoms with Crippen LogP contribution in [0.25, 0.3) is 0 Å². The largest absolute Gasteiger partial charge is 0.495 e. The van der Waals surface area contributed by atoms with E-state index in [2.05, 4.69) is 16.0 Å². The Bertz CT molecular complexity index is 1070. The van der Waals surface area contributed by atoms with E-state index < -0.39 is 35.9 Å². The lowest BCUT2D eigenvalue weighted by molar-refractivity contribution is -0.139. The number of hydrogen-bond donors (Lipinski definition) is 3. The number of nitrogens with zero attached hydrogens (tertiary/aromatic N) is 2. The number of carbonyl (C=O) groups excluding carboxylic acids is 3. The molecule has 2 saturated heterocycles. The van der Waals surface area contributed by atoms with Crippen LogP contribution in [0.4, 0.5) is 14.9 Å². The lowest BCUT2D eigenvalue weighted by Gasteiger charge is -2.47.